The van der Waals surface area contributed by atoms with Gasteiger partial charge in [0.1, 0.15) is 12.4 Å². The van der Waals surface area contributed by atoms with Crippen LogP contribution in [0.2, 0.25) is 0 Å². The molecule has 1 aliphatic rings. The van der Waals surface area contributed by atoms with Crippen molar-refractivity contribution in [3.63, 3.8) is 0 Å². The third-order valence-corrected chi connectivity index (χ3v) is 7.89. The largest absolute Gasteiger partial charge is 0.490 e. The smallest absolute Gasteiger partial charge is 0.337 e. The van der Waals surface area contributed by atoms with E-state index in [4.69, 9.17) is 25.4 Å². The lowest BCUT2D eigenvalue weighted by atomic mass is 9.97. The fraction of sp³-hybridized carbons (Fsp3) is 0.250. The van der Waals surface area contributed by atoms with Gasteiger partial charge in [0, 0.05) is 16.2 Å². The van der Waals surface area contributed by atoms with Crippen LogP contribution in [-0.4, -0.2) is 37.5 Å². The molecule has 8 nitrogen and oxygen atoms in total. The third-order valence-electron chi connectivity index (χ3n) is 5.63. The Balaban J connectivity index is 1.93. The van der Waals surface area contributed by atoms with E-state index in [2.05, 4.69) is 49.4 Å². The highest BCUT2D eigenvalue weighted by Crippen LogP contribution is 2.35. The van der Waals surface area contributed by atoms with E-state index in [1.165, 1.54) is 29.2 Å². The van der Waals surface area contributed by atoms with Gasteiger partial charge in [-0.2, -0.15) is 0 Å². The number of terminal acetylenes is 1. The number of rotatable bonds is 9. The van der Waals surface area contributed by atoms with Crippen molar-refractivity contribution >= 4 is 61.9 Å². The number of aromatic nitrogens is 1. The zero-order chi connectivity index (χ0) is 28.1. The predicted octanol–water partition coefficient (Wildman–Crippen LogP) is 4.19. The van der Waals surface area contributed by atoms with Crippen molar-refractivity contribution in [1.82, 2.24) is 4.57 Å². The Morgan fingerprint density at radius 1 is 1.21 bits per heavy atom. The second kappa shape index (κ2) is 12.8. The average molecular weight is 723 g/mol. The second-order valence-corrected chi connectivity index (χ2v) is 11.1. The Hall–Kier alpha value is -3.08. The van der Waals surface area contributed by atoms with Crippen LogP contribution in [0, 0.1) is 15.9 Å². The summed E-state index contributed by atoms with van der Waals surface area (Å²) in [7, 11) is 1.29. The summed E-state index contributed by atoms with van der Waals surface area (Å²) in [6.07, 6.45) is 8.60. The normalized spacial score (nSPS) is 14.5. The summed E-state index contributed by atoms with van der Waals surface area (Å²) in [5.41, 5.74) is 1.23. The first-order valence-corrected chi connectivity index (χ1v) is 14.6. The Bertz CT molecular complexity index is 1670. The quantitative estimate of drug-likeness (QED) is 0.187. The van der Waals surface area contributed by atoms with Crippen LogP contribution in [0.4, 0.5) is 0 Å². The minimum Gasteiger partial charge on any atom is -0.490 e. The summed E-state index contributed by atoms with van der Waals surface area (Å²) in [4.78, 5) is 31.6. The Labute approximate surface area is 251 Å². The van der Waals surface area contributed by atoms with Crippen molar-refractivity contribution in [3.05, 3.63) is 81.0 Å². The van der Waals surface area contributed by atoms with E-state index in [9.17, 15) is 9.59 Å². The molecular formula is C28H24BrIN2O6S. The highest BCUT2D eigenvalue weighted by Gasteiger charge is 2.31. The van der Waals surface area contributed by atoms with Crippen LogP contribution in [0.15, 0.2) is 56.4 Å². The summed E-state index contributed by atoms with van der Waals surface area (Å²) < 4.78 is 25.9. The molecule has 2 heterocycles. The van der Waals surface area contributed by atoms with Crippen molar-refractivity contribution in [3.8, 4) is 29.6 Å². The van der Waals surface area contributed by atoms with Gasteiger partial charge >= 0.3 is 5.97 Å². The molecule has 1 aliphatic heterocycles. The number of carbonyl (C=O) groups is 1. The number of fused-ring (bicyclic) bond motifs is 1. The van der Waals surface area contributed by atoms with E-state index >= 15 is 0 Å². The summed E-state index contributed by atoms with van der Waals surface area (Å²) in [5.74, 6) is 3.54. The zero-order valence-corrected chi connectivity index (χ0v) is 25.9. The van der Waals surface area contributed by atoms with Crippen LogP contribution in [-0.2, 0) is 9.53 Å². The van der Waals surface area contributed by atoms with Gasteiger partial charge in [-0.1, -0.05) is 39.3 Å². The van der Waals surface area contributed by atoms with E-state index in [0.29, 0.717) is 50.9 Å². The van der Waals surface area contributed by atoms with Crippen molar-refractivity contribution in [1.29, 1.82) is 0 Å². The van der Waals surface area contributed by atoms with Gasteiger partial charge in [-0.3, -0.25) is 9.36 Å². The van der Waals surface area contributed by atoms with Crippen LogP contribution < -0.4 is 29.1 Å². The predicted molar refractivity (Wildman–Crippen MR) is 161 cm³/mol. The first-order valence-electron chi connectivity index (χ1n) is 11.9. The highest BCUT2D eigenvalue weighted by atomic mass is 127. The van der Waals surface area contributed by atoms with E-state index in [1.807, 2.05) is 26.0 Å². The lowest BCUT2D eigenvalue weighted by Crippen LogP contribution is -2.39. The van der Waals surface area contributed by atoms with Gasteiger partial charge in [0.05, 0.1) is 40.0 Å². The molecule has 4 rings (SSSR count). The number of halogens is 2. The summed E-state index contributed by atoms with van der Waals surface area (Å²) >= 11 is 6.88. The van der Waals surface area contributed by atoms with Crippen molar-refractivity contribution in [2.75, 3.05) is 26.9 Å². The number of hydrogen-bond donors (Lipinski definition) is 0. The number of benzene rings is 2. The molecule has 0 aliphatic carbocycles. The van der Waals surface area contributed by atoms with E-state index in [1.54, 1.807) is 24.3 Å². The third kappa shape index (κ3) is 6.08. The molecule has 3 aromatic rings. The number of ether oxygens (including phenoxy) is 4. The number of methoxy groups -OCH3 is 1. The topological polar surface area (TPSA) is 88.3 Å². The fourth-order valence-electron chi connectivity index (χ4n) is 4.08. The van der Waals surface area contributed by atoms with E-state index < -0.39 is 12.0 Å². The van der Waals surface area contributed by atoms with Crippen molar-refractivity contribution < 1.29 is 23.7 Å². The van der Waals surface area contributed by atoms with Crippen LogP contribution in [0.5, 0.6) is 17.2 Å². The molecule has 0 amide bonds. The monoisotopic (exact) mass is 722 g/mol. The molecule has 0 N–H and O–H groups in total. The maximum atomic E-state index is 13.9. The first kappa shape index (κ1) is 28.9. The number of carbonyl (C=O) groups excluding carboxylic acids is 1. The van der Waals surface area contributed by atoms with Crippen LogP contribution >= 0.6 is 49.9 Å². The number of thiazole rings is 1. The van der Waals surface area contributed by atoms with Crippen LogP contribution in [0.1, 0.15) is 31.0 Å². The average Bonchev–Trinajstić information content (AvgIpc) is 3.23. The van der Waals surface area contributed by atoms with Gasteiger partial charge < -0.3 is 18.9 Å². The Morgan fingerprint density at radius 2 is 1.95 bits per heavy atom. The standard InChI is InChI=1S/C28H24BrIN2O6S/c1-5-10-38-25-17(11-18(29)14-20(25)30)13-23-26(33)32-24(19(27(34)35-4)15-31-28(32)39-23)16-8-9-21(36-6-2)22(12-16)37-7-3/h1,8-9,11-15,24H,6-7,10H2,2-4H3/b23-13+/t24-/m0/s1. The molecule has 39 heavy (non-hydrogen) atoms. The van der Waals surface area contributed by atoms with Crippen LogP contribution in [0.3, 0.4) is 0 Å². The van der Waals surface area contributed by atoms with Crippen molar-refractivity contribution in [2.45, 2.75) is 19.9 Å². The molecular weight excluding hydrogens is 699 g/mol. The highest BCUT2D eigenvalue weighted by molar-refractivity contribution is 14.1. The second-order valence-electron chi connectivity index (χ2n) is 8.05. The van der Waals surface area contributed by atoms with Gasteiger partial charge in [-0.25, -0.2) is 9.79 Å². The van der Waals surface area contributed by atoms with Gasteiger partial charge in [0.15, 0.2) is 16.3 Å². The molecule has 0 radical (unpaired) electrons. The van der Waals surface area contributed by atoms with Gasteiger partial charge in [0.2, 0.25) is 0 Å². The fourth-order valence-corrected chi connectivity index (χ4v) is 6.75. The number of esters is 1. The van der Waals surface area contributed by atoms with Gasteiger partial charge in [-0.15, -0.1) is 6.42 Å². The first-order chi connectivity index (χ1) is 18.8. The van der Waals surface area contributed by atoms with Gasteiger partial charge in [0.25, 0.3) is 5.56 Å². The Morgan fingerprint density at radius 3 is 2.64 bits per heavy atom. The minimum absolute atomic E-state index is 0.0854. The molecule has 0 saturated heterocycles. The van der Waals surface area contributed by atoms with E-state index in [-0.39, 0.29) is 17.7 Å². The molecule has 1 atom stereocenters. The summed E-state index contributed by atoms with van der Waals surface area (Å²) in [5, 5.41) is 0. The maximum Gasteiger partial charge on any atom is 0.337 e. The molecule has 2 aromatic carbocycles. The summed E-state index contributed by atoms with van der Waals surface area (Å²) in [6, 6.07) is 8.32. The number of hydrogen-bond acceptors (Lipinski definition) is 8. The number of nitrogens with zero attached hydrogens (tertiary/aromatic N) is 2. The Kier molecular flexibility index (Phi) is 9.53. The SMILES string of the molecule is C#CCOc1c(I)cc(Br)cc1/C=c1/sc2n(c1=O)[C@@H](c1ccc(OCC)c(OCC)c1)C(C(=O)OC)=CN=2. The molecule has 0 saturated carbocycles. The molecule has 202 valence electrons. The molecule has 11 heteroatoms. The molecule has 0 bridgehead atoms. The summed E-state index contributed by atoms with van der Waals surface area (Å²) in [6.45, 7) is 4.72. The molecule has 1 aromatic heterocycles. The lowest BCUT2D eigenvalue weighted by molar-refractivity contribution is -0.136. The lowest BCUT2D eigenvalue weighted by Gasteiger charge is -2.23. The molecule has 0 unspecified atom stereocenters. The zero-order valence-electron chi connectivity index (χ0n) is 21.3. The minimum atomic E-state index is -0.787. The van der Waals surface area contributed by atoms with Crippen molar-refractivity contribution in [2.24, 2.45) is 4.99 Å². The molecule has 0 spiro atoms. The van der Waals surface area contributed by atoms with E-state index in [0.717, 1.165) is 8.04 Å². The van der Waals surface area contributed by atoms with Gasteiger partial charge in [-0.05, 0) is 72.3 Å². The molecule has 0 fully saturated rings. The van der Waals surface area contributed by atoms with Crippen LogP contribution in [0.25, 0.3) is 6.08 Å². The maximum absolute atomic E-state index is 13.9.